The van der Waals surface area contributed by atoms with Gasteiger partial charge < -0.3 is 20.3 Å². The fraction of sp³-hybridized carbons (Fsp3) is 0.692. The smallest absolute Gasteiger partial charge is 0.545 e. The number of carbonyl (C=O) groups excluding carboxylic acids is 3. The van der Waals surface area contributed by atoms with Crippen molar-refractivity contribution in [3.05, 3.63) is 5.92 Å². The molecule has 17 heavy (non-hydrogen) atoms. The molecule has 0 aromatic heterocycles. The molecular formula is C13H22O3Ru. The maximum absolute atomic E-state index is 7.75. The molecule has 0 N–H and O–H groups in total. The van der Waals surface area contributed by atoms with Gasteiger partial charge in [-0.2, -0.15) is 20.3 Å². The summed E-state index contributed by atoms with van der Waals surface area (Å²) in [6, 6.07) is 0. The molecule has 0 saturated heterocycles. The van der Waals surface area contributed by atoms with Gasteiger partial charge in [-0.1, -0.05) is 38.0 Å². The summed E-state index contributed by atoms with van der Waals surface area (Å²) in [7, 11) is 0. The van der Waals surface area contributed by atoms with Crippen molar-refractivity contribution in [2.45, 2.75) is 52.4 Å². The standard InChI is InChI=1S/C10H19.3CHO.Ru/c1-9(2)8-10-6-4-3-5-7-10;3*1-2;/h10H,3-8H2,1-2H3;3*1H;/q4*-1;+4. The Kier molecular flexibility index (Phi) is 37.1. The minimum Gasteiger partial charge on any atom is -0.545 e. The van der Waals surface area contributed by atoms with Gasteiger partial charge in [-0.3, -0.25) is 20.4 Å². The zero-order valence-corrected chi connectivity index (χ0v) is 12.4. The van der Waals surface area contributed by atoms with Crippen LogP contribution in [0, 0.1) is 11.8 Å². The van der Waals surface area contributed by atoms with Crippen molar-refractivity contribution in [1.82, 2.24) is 0 Å². The quantitative estimate of drug-likeness (QED) is 0.445. The van der Waals surface area contributed by atoms with Crippen LogP contribution in [0.25, 0.3) is 0 Å². The van der Waals surface area contributed by atoms with Crippen molar-refractivity contribution in [3.63, 3.8) is 0 Å². The first-order valence-electron chi connectivity index (χ1n) is 5.29. The molecule has 0 atom stereocenters. The van der Waals surface area contributed by atoms with E-state index in [2.05, 4.69) is 34.2 Å². The van der Waals surface area contributed by atoms with Gasteiger partial charge in [0.2, 0.25) is 0 Å². The minimum absolute atomic E-state index is 0. The molecule has 4 heteroatoms. The molecule has 3 nitrogen and oxygen atoms in total. The molecule has 0 aliphatic heterocycles. The molecule has 1 saturated carbocycles. The van der Waals surface area contributed by atoms with Gasteiger partial charge in [-0.05, 0) is 0 Å². The number of hydrogen-bond donors (Lipinski definition) is 0. The molecule has 100 valence electrons. The van der Waals surface area contributed by atoms with Gasteiger partial charge in [0.1, 0.15) is 0 Å². The first-order valence-corrected chi connectivity index (χ1v) is 5.29. The van der Waals surface area contributed by atoms with Crippen LogP contribution < -0.4 is 0 Å². The van der Waals surface area contributed by atoms with E-state index < -0.39 is 0 Å². The van der Waals surface area contributed by atoms with Crippen LogP contribution >= 0.6 is 0 Å². The van der Waals surface area contributed by atoms with Crippen molar-refractivity contribution < 1.29 is 33.9 Å². The van der Waals surface area contributed by atoms with Gasteiger partial charge >= 0.3 is 19.5 Å². The first kappa shape index (κ1) is 25.5. The van der Waals surface area contributed by atoms with Crippen molar-refractivity contribution in [1.29, 1.82) is 0 Å². The molecular weight excluding hydrogens is 305 g/mol. The molecule has 0 unspecified atom stereocenters. The zero-order chi connectivity index (χ0) is 13.4. The molecule has 0 spiro atoms. The van der Waals surface area contributed by atoms with Crippen molar-refractivity contribution >= 4 is 20.4 Å². The van der Waals surface area contributed by atoms with Crippen LogP contribution in [0.4, 0.5) is 0 Å². The van der Waals surface area contributed by atoms with Crippen LogP contribution in [0.2, 0.25) is 0 Å². The van der Waals surface area contributed by atoms with Gasteiger partial charge in [0, 0.05) is 0 Å². The van der Waals surface area contributed by atoms with Gasteiger partial charge in [-0.15, -0.1) is 0 Å². The Balaban J connectivity index is -0.000000106. The van der Waals surface area contributed by atoms with Crippen LogP contribution in [-0.2, 0) is 33.9 Å². The third-order valence-electron chi connectivity index (χ3n) is 2.42. The molecule has 0 amide bonds. The molecule has 0 aromatic carbocycles. The topological polar surface area (TPSA) is 51.2 Å². The summed E-state index contributed by atoms with van der Waals surface area (Å²) in [5.41, 5.74) is 0. The second kappa shape index (κ2) is 24.7. The molecule has 1 aliphatic carbocycles. The van der Waals surface area contributed by atoms with Gasteiger partial charge in [-0.25, -0.2) is 0 Å². The summed E-state index contributed by atoms with van der Waals surface area (Å²) in [4.78, 5) is 23.2. The summed E-state index contributed by atoms with van der Waals surface area (Å²) in [5, 5.41) is 0. The van der Waals surface area contributed by atoms with Crippen LogP contribution in [0.15, 0.2) is 0 Å². The summed E-state index contributed by atoms with van der Waals surface area (Å²) in [5.74, 6) is 2.66. The number of hydrogen-bond acceptors (Lipinski definition) is 3. The van der Waals surface area contributed by atoms with Gasteiger partial charge in [0.15, 0.2) is 0 Å². The predicted octanol–water partition coefficient (Wildman–Crippen LogP) is 2.75. The normalized spacial score (nSPS) is 13.6. The van der Waals surface area contributed by atoms with E-state index in [-0.39, 0.29) is 19.5 Å². The minimum atomic E-state index is 0. The van der Waals surface area contributed by atoms with E-state index in [9.17, 15) is 0 Å². The van der Waals surface area contributed by atoms with Crippen LogP contribution in [-0.4, -0.2) is 20.4 Å². The first-order chi connectivity index (χ1) is 7.79. The second-order valence-corrected chi connectivity index (χ2v) is 3.92. The Labute approximate surface area is 118 Å². The van der Waals surface area contributed by atoms with Crippen molar-refractivity contribution in [3.8, 4) is 0 Å². The van der Waals surface area contributed by atoms with Crippen LogP contribution in [0.3, 0.4) is 0 Å². The van der Waals surface area contributed by atoms with Crippen LogP contribution in [0.5, 0.6) is 0 Å². The molecule has 0 aromatic rings. The van der Waals surface area contributed by atoms with Crippen LogP contribution in [0.1, 0.15) is 52.4 Å². The molecule has 1 aliphatic rings. The largest absolute Gasteiger partial charge is 4.00 e. The van der Waals surface area contributed by atoms with Gasteiger partial charge in [0.05, 0.1) is 0 Å². The summed E-state index contributed by atoms with van der Waals surface area (Å²) < 4.78 is 0. The molecule has 0 radical (unpaired) electrons. The Bertz CT molecular complexity index is 121. The van der Waals surface area contributed by atoms with E-state index in [0.29, 0.717) is 0 Å². The molecule has 0 bridgehead atoms. The fourth-order valence-corrected chi connectivity index (χ4v) is 1.97. The summed E-state index contributed by atoms with van der Waals surface area (Å²) in [6.07, 6.45) is 8.82. The Morgan fingerprint density at radius 3 is 1.53 bits per heavy atom. The maximum atomic E-state index is 7.75. The van der Waals surface area contributed by atoms with E-state index in [4.69, 9.17) is 14.4 Å². The maximum Gasteiger partial charge on any atom is 4.00 e. The zero-order valence-electron chi connectivity index (χ0n) is 10.6. The van der Waals surface area contributed by atoms with Gasteiger partial charge in [0.25, 0.3) is 0 Å². The molecule has 0 heterocycles. The van der Waals surface area contributed by atoms with E-state index in [1.165, 1.54) is 38.5 Å². The number of rotatable bonds is 2. The van der Waals surface area contributed by atoms with Crippen molar-refractivity contribution in [2.24, 2.45) is 5.92 Å². The monoisotopic (exact) mass is 328 g/mol. The summed E-state index contributed by atoms with van der Waals surface area (Å²) in [6.45, 7) is 14.3. The Morgan fingerprint density at radius 2 is 1.24 bits per heavy atom. The third kappa shape index (κ3) is 21.5. The van der Waals surface area contributed by atoms with E-state index in [1.54, 1.807) is 5.92 Å². The average Bonchev–Trinajstić information content (AvgIpc) is 2.37. The summed E-state index contributed by atoms with van der Waals surface area (Å²) >= 11 is 0. The van der Waals surface area contributed by atoms with E-state index >= 15 is 0 Å². The predicted molar refractivity (Wildman–Crippen MR) is 66.0 cm³/mol. The third-order valence-corrected chi connectivity index (χ3v) is 2.42. The van der Waals surface area contributed by atoms with E-state index in [1.807, 2.05) is 0 Å². The molecule has 1 fully saturated rings. The Morgan fingerprint density at radius 1 is 0.882 bits per heavy atom. The fourth-order valence-electron chi connectivity index (χ4n) is 1.97. The SMILES string of the molecule is C[C-](C)CC1CCCCC1.[CH-]=O.[CH-]=O.[CH-]=O.[Ru+4]. The molecule has 1 rings (SSSR count). The van der Waals surface area contributed by atoms with E-state index in [0.717, 1.165) is 5.92 Å². The second-order valence-electron chi connectivity index (χ2n) is 3.92. The average molecular weight is 327 g/mol. The Hall–Kier alpha value is -0.367. The van der Waals surface area contributed by atoms with Crippen molar-refractivity contribution in [2.75, 3.05) is 0 Å².